The van der Waals surface area contributed by atoms with Crippen LogP contribution in [-0.2, 0) is 6.54 Å². The number of tetrazole rings is 1. The number of dihydropyridines is 1. The number of benzene rings is 2. The molecule has 31 heavy (non-hydrogen) atoms. The van der Waals surface area contributed by atoms with Crippen LogP contribution in [0.15, 0.2) is 72.1 Å². The Hall–Kier alpha value is -3.45. The van der Waals surface area contributed by atoms with Crippen molar-refractivity contribution in [1.29, 1.82) is 0 Å². The minimum Gasteiger partial charge on any atom is -0.399 e. The third kappa shape index (κ3) is 4.22. The van der Waals surface area contributed by atoms with E-state index >= 15 is 0 Å². The Morgan fingerprint density at radius 2 is 1.77 bits per heavy atom. The third-order valence-corrected chi connectivity index (χ3v) is 5.79. The standard InChI is InChI=1S/C24H29N7/c1-4-15-31(24(3)22(25)14-9-17(2)26-24)16-18-10-12-19(13-11-18)20-7-5-6-8-21(20)23-27-29-30-28-23/h5-14,26H,4,15-16,25H2,1-3H3,(H,27,28,29,30). The second-order valence-electron chi connectivity index (χ2n) is 8.07. The molecule has 0 spiro atoms. The number of hydrogen-bond donors (Lipinski definition) is 3. The van der Waals surface area contributed by atoms with Gasteiger partial charge in [0.2, 0.25) is 5.82 Å². The molecule has 7 heteroatoms. The average molecular weight is 416 g/mol. The summed E-state index contributed by atoms with van der Waals surface area (Å²) >= 11 is 0. The highest BCUT2D eigenvalue weighted by molar-refractivity contribution is 5.80. The van der Waals surface area contributed by atoms with Crippen molar-refractivity contribution in [2.24, 2.45) is 5.73 Å². The Morgan fingerprint density at radius 1 is 1.03 bits per heavy atom. The first-order valence-electron chi connectivity index (χ1n) is 10.6. The molecule has 1 aliphatic heterocycles. The Bertz CT molecular complexity index is 1080. The molecule has 0 aliphatic carbocycles. The summed E-state index contributed by atoms with van der Waals surface area (Å²) in [6.45, 7) is 8.15. The van der Waals surface area contributed by atoms with Gasteiger partial charge in [-0.1, -0.05) is 55.5 Å². The Balaban J connectivity index is 1.59. The van der Waals surface area contributed by atoms with Crippen LogP contribution in [0.1, 0.15) is 32.8 Å². The van der Waals surface area contributed by atoms with Gasteiger partial charge in [0.15, 0.2) is 0 Å². The van der Waals surface area contributed by atoms with Crippen LogP contribution >= 0.6 is 0 Å². The number of nitrogens with one attached hydrogen (secondary N) is 2. The van der Waals surface area contributed by atoms with Gasteiger partial charge in [0.05, 0.1) is 0 Å². The molecule has 1 atom stereocenters. The largest absolute Gasteiger partial charge is 0.399 e. The fourth-order valence-corrected chi connectivity index (χ4v) is 4.08. The molecule has 2 aromatic carbocycles. The summed E-state index contributed by atoms with van der Waals surface area (Å²) in [6, 6.07) is 16.8. The lowest BCUT2D eigenvalue weighted by Crippen LogP contribution is -2.59. The summed E-state index contributed by atoms with van der Waals surface area (Å²) in [5.41, 5.74) is 12.3. The van der Waals surface area contributed by atoms with E-state index in [0.29, 0.717) is 5.82 Å². The molecule has 0 saturated carbocycles. The topological polar surface area (TPSA) is 95.8 Å². The maximum Gasteiger partial charge on any atom is 0.205 e. The molecule has 4 rings (SSSR count). The molecule has 0 bridgehead atoms. The van der Waals surface area contributed by atoms with Crippen LogP contribution in [0, 0.1) is 0 Å². The van der Waals surface area contributed by atoms with Crippen LogP contribution in [0.25, 0.3) is 22.5 Å². The maximum atomic E-state index is 6.42. The van der Waals surface area contributed by atoms with Gasteiger partial charge in [-0.3, -0.25) is 4.90 Å². The molecular formula is C24H29N7. The Labute approximate surface area is 183 Å². The molecule has 3 aromatic rings. The number of rotatable bonds is 7. The van der Waals surface area contributed by atoms with E-state index < -0.39 is 5.66 Å². The first-order valence-corrected chi connectivity index (χ1v) is 10.6. The lowest BCUT2D eigenvalue weighted by Gasteiger charge is -2.44. The van der Waals surface area contributed by atoms with Gasteiger partial charge >= 0.3 is 0 Å². The van der Waals surface area contributed by atoms with E-state index in [1.165, 1.54) is 5.56 Å². The van der Waals surface area contributed by atoms with Gasteiger partial charge in [-0.15, -0.1) is 10.2 Å². The molecule has 2 heterocycles. The van der Waals surface area contributed by atoms with E-state index in [1.807, 2.05) is 30.4 Å². The molecule has 4 N–H and O–H groups in total. The van der Waals surface area contributed by atoms with Crippen molar-refractivity contribution in [1.82, 2.24) is 30.8 Å². The molecule has 0 radical (unpaired) electrons. The zero-order valence-corrected chi connectivity index (χ0v) is 18.3. The molecule has 1 aliphatic rings. The van der Waals surface area contributed by atoms with Gasteiger partial charge in [0.1, 0.15) is 5.66 Å². The minimum absolute atomic E-state index is 0.404. The van der Waals surface area contributed by atoms with Crippen molar-refractivity contribution < 1.29 is 0 Å². The van der Waals surface area contributed by atoms with Gasteiger partial charge in [-0.2, -0.15) is 5.21 Å². The van der Waals surface area contributed by atoms with Gasteiger partial charge in [0.25, 0.3) is 0 Å². The van der Waals surface area contributed by atoms with Gasteiger partial charge < -0.3 is 11.1 Å². The van der Waals surface area contributed by atoms with Crippen LogP contribution in [0.4, 0.5) is 0 Å². The lowest BCUT2D eigenvalue weighted by atomic mass is 9.97. The summed E-state index contributed by atoms with van der Waals surface area (Å²) in [7, 11) is 0. The molecule has 0 amide bonds. The van der Waals surface area contributed by atoms with E-state index in [-0.39, 0.29) is 0 Å². The number of H-pyrrole nitrogens is 1. The molecule has 1 unspecified atom stereocenters. The quantitative estimate of drug-likeness (QED) is 0.543. The number of nitrogens with zero attached hydrogens (tertiary/aromatic N) is 4. The van der Waals surface area contributed by atoms with Crippen LogP contribution in [-0.4, -0.2) is 37.7 Å². The van der Waals surface area contributed by atoms with E-state index in [2.05, 4.69) is 81.9 Å². The monoisotopic (exact) mass is 415 g/mol. The number of nitrogens with two attached hydrogens (primary N) is 1. The fourth-order valence-electron chi connectivity index (χ4n) is 4.08. The third-order valence-electron chi connectivity index (χ3n) is 5.79. The molecule has 0 fully saturated rings. The van der Waals surface area contributed by atoms with Crippen molar-refractivity contribution in [3.05, 3.63) is 77.6 Å². The predicted octanol–water partition coefficient (Wildman–Crippen LogP) is 3.81. The van der Waals surface area contributed by atoms with Crippen molar-refractivity contribution in [3.8, 4) is 22.5 Å². The van der Waals surface area contributed by atoms with Crippen LogP contribution in [0.2, 0.25) is 0 Å². The van der Waals surface area contributed by atoms with Gasteiger partial charge in [-0.25, -0.2) is 0 Å². The summed E-state index contributed by atoms with van der Waals surface area (Å²) in [4.78, 5) is 2.40. The summed E-state index contributed by atoms with van der Waals surface area (Å²) in [5, 5.41) is 18.1. The molecule has 0 saturated heterocycles. The van der Waals surface area contributed by atoms with E-state index in [4.69, 9.17) is 5.73 Å². The van der Waals surface area contributed by atoms with Crippen LogP contribution in [0.3, 0.4) is 0 Å². The second kappa shape index (κ2) is 8.73. The highest BCUT2D eigenvalue weighted by Gasteiger charge is 2.35. The van der Waals surface area contributed by atoms with Gasteiger partial charge in [0, 0.05) is 30.0 Å². The van der Waals surface area contributed by atoms with Gasteiger partial charge in [-0.05, 0) is 54.3 Å². The first kappa shape index (κ1) is 20.8. The summed E-state index contributed by atoms with van der Waals surface area (Å²) in [5.74, 6) is 0.593. The fraction of sp³-hybridized carbons (Fsp3) is 0.292. The number of allylic oxidation sites excluding steroid dienone is 3. The van der Waals surface area contributed by atoms with E-state index in [9.17, 15) is 0 Å². The molecule has 7 nitrogen and oxygen atoms in total. The SMILES string of the molecule is CCCN(Cc1ccc(-c2ccccc2-c2nn[nH]n2)cc1)C1(C)NC(C)=CC=C1N. The highest BCUT2D eigenvalue weighted by atomic mass is 15.5. The van der Waals surface area contributed by atoms with Crippen molar-refractivity contribution >= 4 is 0 Å². The predicted molar refractivity (Wildman–Crippen MR) is 123 cm³/mol. The summed E-state index contributed by atoms with van der Waals surface area (Å²) in [6.07, 6.45) is 5.08. The Kier molecular flexibility index (Phi) is 5.86. The normalized spacial score (nSPS) is 18.5. The molecule has 160 valence electrons. The smallest absolute Gasteiger partial charge is 0.205 e. The zero-order valence-electron chi connectivity index (χ0n) is 18.3. The second-order valence-corrected chi connectivity index (χ2v) is 8.07. The lowest BCUT2D eigenvalue weighted by molar-refractivity contribution is 0.100. The van der Waals surface area contributed by atoms with Crippen molar-refractivity contribution in [2.45, 2.75) is 39.4 Å². The van der Waals surface area contributed by atoms with Crippen LogP contribution < -0.4 is 11.1 Å². The number of hydrogen-bond acceptors (Lipinski definition) is 6. The minimum atomic E-state index is -0.404. The maximum absolute atomic E-state index is 6.42. The van der Waals surface area contributed by atoms with Crippen molar-refractivity contribution in [2.75, 3.05) is 6.54 Å². The Morgan fingerprint density at radius 3 is 2.45 bits per heavy atom. The average Bonchev–Trinajstić information content (AvgIpc) is 3.32. The summed E-state index contributed by atoms with van der Waals surface area (Å²) < 4.78 is 0. The molecule has 1 aromatic heterocycles. The van der Waals surface area contributed by atoms with E-state index in [0.717, 1.165) is 47.6 Å². The number of aromatic amines is 1. The van der Waals surface area contributed by atoms with Crippen LogP contribution in [0.5, 0.6) is 0 Å². The highest BCUT2D eigenvalue weighted by Crippen LogP contribution is 2.31. The molecular weight excluding hydrogens is 386 g/mol. The number of aromatic nitrogens is 4. The van der Waals surface area contributed by atoms with Crippen molar-refractivity contribution in [3.63, 3.8) is 0 Å². The zero-order chi connectivity index (χ0) is 21.8. The first-order chi connectivity index (χ1) is 15.0. The van der Waals surface area contributed by atoms with E-state index in [1.54, 1.807) is 0 Å².